The molecule has 0 aliphatic heterocycles. The largest absolute Gasteiger partial charge is 0.456 e. The Hall–Kier alpha value is -6.91. The Morgan fingerprint density at radius 1 is 0.314 bits per heavy atom. The van der Waals surface area contributed by atoms with Gasteiger partial charge in [0.2, 0.25) is 0 Å². The number of nitrogens with zero attached hydrogens (tertiary/aromatic N) is 3. The van der Waals surface area contributed by atoms with Gasteiger partial charge in [-0.3, -0.25) is 0 Å². The van der Waals surface area contributed by atoms with Crippen LogP contribution in [0.5, 0.6) is 0 Å². The lowest BCUT2D eigenvalue weighted by molar-refractivity contribution is 0.669. The average molecular weight is 652 g/mol. The third kappa shape index (κ3) is 5.04. The Bertz CT molecular complexity index is 2930. The van der Waals surface area contributed by atoms with Crippen LogP contribution in [-0.2, 0) is 0 Å². The summed E-state index contributed by atoms with van der Waals surface area (Å²) in [5, 5.41) is 6.72. The van der Waals surface area contributed by atoms with Crippen LogP contribution >= 0.6 is 0 Å². The molecular formula is C47H29N3O. The fourth-order valence-electron chi connectivity index (χ4n) is 7.28. The van der Waals surface area contributed by atoms with Gasteiger partial charge in [-0.05, 0) is 74.1 Å². The summed E-state index contributed by atoms with van der Waals surface area (Å²) >= 11 is 0. The van der Waals surface area contributed by atoms with E-state index in [0.717, 1.165) is 77.0 Å². The minimum Gasteiger partial charge on any atom is -0.456 e. The van der Waals surface area contributed by atoms with Crippen LogP contribution in [-0.4, -0.2) is 15.0 Å². The summed E-state index contributed by atoms with van der Waals surface area (Å²) in [6, 6.07) is 61.0. The molecule has 0 unspecified atom stereocenters. The molecule has 0 spiro atoms. The summed E-state index contributed by atoms with van der Waals surface area (Å²) in [4.78, 5) is 15.5. The molecule has 2 heterocycles. The lowest BCUT2D eigenvalue weighted by atomic mass is 9.92. The van der Waals surface area contributed by atoms with E-state index in [1.807, 2.05) is 24.3 Å². The number of hydrogen-bond donors (Lipinski definition) is 0. The van der Waals surface area contributed by atoms with Crippen molar-refractivity contribution in [1.29, 1.82) is 0 Å². The molecule has 0 saturated heterocycles. The Morgan fingerprint density at radius 3 is 1.75 bits per heavy atom. The number of hydrogen-bond acceptors (Lipinski definition) is 4. The Balaban J connectivity index is 1.19. The number of furan rings is 1. The maximum Gasteiger partial charge on any atom is 0.164 e. The highest BCUT2D eigenvalue weighted by Gasteiger charge is 2.19. The first-order valence-corrected chi connectivity index (χ1v) is 17.1. The Labute approximate surface area is 294 Å². The van der Waals surface area contributed by atoms with Gasteiger partial charge >= 0.3 is 0 Å². The van der Waals surface area contributed by atoms with Gasteiger partial charge in [-0.2, -0.15) is 0 Å². The zero-order valence-corrected chi connectivity index (χ0v) is 27.5. The van der Waals surface area contributed by atoms with Crippen molar-refractivity contribution in [3.8, 4) is 56.4 Å². The van der Waals surface area contributed by atoms with Crippen LogP contribution in [0.25, 0.3) is 99.9 Å². The Morgan fingerprint density at radius 2 is 0.902 bits per heavy atom. The van der Waals surface area contributed by atoms with E-state index < -0.39 is 0 Å². The average Bonchev–Trinajstić information content (AvgIpc) is 3.60. The number of para-hydroxylation sites is 1. The Kier molecular flexibility index (Phi) is 6.78. The van der Waals surface area contributed by atoms with Gasteiger partial charge in [-0.25, -0.2) is 15.0 Å². The molecule has 51 heavy (non-hydrogen) atoms. The van der Waals surface area contributed by atoms with E-state index in [0.29, 0.717) is 17.5 Å². The predicted molar refractivity (Wildman–Crippen MR) is 209 cm³/mol. The van der Waals surface area contributed by atoms with Crippen molar-refractivity contribution in [1.82, 2.24) is 15.0 Å². The number of aromatic nitrogens is 3. The molecule has 10 rings (SSSR count). The molecule has 0 fully saturated rings. The van der Waals surface area contributed by atoms with Gasteiger partial charge < -0.3 is 4.42 Å². The predicted octanol–water partition coefficient (Wildman–Crippen LogP) is 12.4. The van der Waals surface area contributed by atoms with Crippen molar-refractivity contribution in [2.24, 2.45) is 0 Å². The topological polar surface area (TPSA) is 51.8 Å². The summed E-state index contributed by atoms with van der Waals surface area (Å²) in [5.41, 5.74) is 9.10. The van der Waals surface area contributed by atoms with E-state index in [1.165, 1.54) is 5.39 Å². The molecule has 0 N–H and O–H groups in total. The number of fused-ring (bicyclic) bond motifs is 5. The second-order valence-electron chi connectivity index (χ2n) is 12.8. The maximum absolute atomic E-state index is 6.27. The first kappa shape index (κ1) is 29.0. The van der Waals surface area contributed by atoms with Gasteiger partial charge in [-0.1, -0.05) is 146 Å². The van der Waals surface area contributed by atoms with Gasteiger partial charge in [0, 0.05) is 27.5 Å². The highest BCUT2D eigenvalue weighted by Crippen LogP contribution is 2.41. The van der Waals surface area contributed by atoms with E-state index in [4.69, 9.17) is 19.4 Å². The molecule has 0 amide bonds. The van der Waals surface area contributed by atoms with Crippen molar-refractivity contribution in [2.75, 3.05) is 0 Å². The normalized spacial score (nSPS) is 11.5. The standard InChI is InChI=1S/C47H29N3O/c1-2-12-30(13-3-1)33-16-10-17-34(28-33)45-48-46(35-25-24-31-14-4-5-15-32(31)29-35)50-47(49-45)40-27-26-38(36-18-6-7-19-37(36)40)39-21-11-23-43-44(39)41-20-8-9-22-42(41)51-43/h1-29H. The molecule has 0 aliphatic rings. The lowest BCUT2D eigenvalue weighted by Crippen LogP contribution is -2.01. The summed E-state index contributed by atoms with van der Waals surface area (Å²) in [7, 11) is 0. The van der Waals surface area contributed by atoms with Crippen LogP contribution in [0, 0.1) is 0 Å². The minimum atomic E-state index is 0.628. The SMILES string of the molecule is c1ccc(-c2cccc(-c3nc(-c4ccc5ccccc5c4)nc(-c4ccc(-c5cccc6oc7ccccc7c56)c5ccccc45)n3)c2)cc1. The molecule has 4 heteroatoms. The zero-order valence-electron chi connectivity index (χ0n) is 27.5. The molecule has 4 nitrogen and oxygen atoms in total. The summed E-state index contributed by atoms with van der Waals surface area (Å²) < 4.78 is 6.27. The highest BCUT2D eigenvalue weighted by atomic mass is 16.3. The number of benzene rings is 8. The van der Waals surface area contributed by atoms with E-state index in [2.05, 4.69) is 152 Å². The second-order valence-corrected chi connectivity index (χ2v) is 12.8. The number of rotatable bonds is 5. The van der Waals surface area contributed by atoms with Crippen molar-refractivity contribution in [3.63, 3.8) is 0 Å². The van der Waals surface area contributed by atoms with Gasteiger partial charge in [0.1, 0.15) is 11.2 Å². The molecule has 2 aromatic heterocycles. The molecule has 0 aliphatic carbocycles. The molecule has 0 saturated carbocycles. The van der Waals surface area contributed by atoms with E-state index >= 15 is 0 Å². The molecular weight excluding hydrogens is 623 g/mol. The van der Waals surface area contributed by atoms with Crippen molar-refractivity contribution in [3.05, 3.63) is 176 Å². The monoisotopic (exact) mass is 651 g/mol. The summed E-state index contributed by atoms with van der Waals surface area (Å²) in [6.07, 6.45) is 0. The third-order valence-corrected chi connectivity index (χ3v) is 9.73. The fraction of sp³-hybridized carbons (Fsp3) is 0. The van der Waals surface area contributed by atoms with Crippen LogP contribution in [0.3, 0.4) is 0 Å². The first-order valence-electron chi connectivity index (χ1n) is 17.1. The molecule has 10 aromatic rings. The quantitative estimate of drug-likeness (QED) is 0.186. The summed E-state index contributed by atoms with van der Waals surface area (Å²) in [5.74, 6) is 1.89. The van der Waals surface area contributed by atoms with Crippen LogP contribution in [0.15, 0.2) is 180 Å². The van der Waals surface area contributed by atoms with E-state index in [-0.39, 0.29) is 0 Å². The van der Waals surface area contributed by atoms with Crippen LogP contribution < -0.4 is 0 Å². The summed E-state index contributed by atoms with van der Waals surface area (Å²) in [6.45, 7) is 0. The van der Waals surface area contributed by atoms with Crippen molar-refractivity contribution in [2.45, 2.75) is 0 Å². The fourth-order valence-corrected chi connectivity index (χ4v) is 7.28. The smallest absolute Gasteiger partial charge is 0.164 e. The van der Waals surface area contributed by atoms with Gasteiger partial charge in [0.25, 0.3) is 0 Å². The van der Waals surface area contributed by atoms with E-state index in [1.54, 1.807) is 0 Å². The first-order chi connectivity index (χ1) is 25.3. The van der Waals surface area contributed by atoms with Crippen LogP contribution in [0.2, 0.25) is 0 Å². The maximum atomic E-state index is 6.27. The van der Waals surface area contributed by atoms with Crippen LogP contribution in [0.4, 0.5) is 0 Å². The van der Waals surface area contributed by atoms with Crippen LogP contribution in [0.1, 0.15) is 0 Å². The van der Waals surface area contributed by atoms with E-state index in [9.17, 15) is 0 Å². The van der Waals surface area contributed by atoms with Gasteiger partial charge in [-0.15, -0.1) is 0 Å². The third-order valence-electron chi connectivity index (χ3n) is 9.73. The zero-order chi connectivity index (χ0) is 33.7. The lowest BCUT2D eigenvalue weighted by Gasteiger charge is -2.14. The van der Waals surface area contributed by atoms with Gasteiger partial charge in [0.05, 0.1) is 0 Å². The molecule has 0 bridgehead atoms. The molecule has 0 radical (unpaired) electrons. The minimum absolute atomic E-state index is 0.628. The molecule has 8 aromatic carbocycles. The second kappa shape index (κ2) is 11.9. The van der Waals surface area contributed by atoms with Crippen molar-refractivity contribution < 1.29 is 4.42 Å². The van der Waals surface area contributed by atoms with Gasteiger partial charge in [0.15, 0.2) is 17.5 Å². The van der Waals surface area contributed by atoms with Crippen molar-refractivity contribution >= 4 is 43.5 Å². The highest BCUT2D eigenvalue weighted by molar-refractivity contribution is 6.16. The molecule has 238 valence electrons. The molecule has 0 atom stereocenters.